The van der Waals surface area contributed by atoms with E-state index < -0.39 is 11.2 Å². The lowest BCUT2D eigenvalue weighted by Crippen LogP contribution is -2.10. The van der Waals surface area contributed by atoms with Crippen LogP contribution in [-0.2, 0) is 17.7 Å². The fraction of sp³-hybridized carbons (Fsp3) is 0.333. The highest BCUT2D eigenvalue weighted by Crippen LogP contribution is 2.14. The highest BCUT2D eigenvalue weighted by molar-refractivity contribution is 7.90. The molecule has 0 heterocycles. The Bertz CT molecular complexity index is 250. The third kappa shape index (κ3) is 2.24. The van der Waals surface area contributed by atoms with E-state index in [1.807, 2.05) is 31.3 Å². The van der Waals surface area contributed by atoms with Gasteiger partial charge in [0, 0.05) is 12.1 Å². The van der Waals surface area contributed by atoms with Gasteiger partial charge in [-0.15, -0.1) is 0 Å². The minimum atomic E-state index is -0.882. The van der Waals surface area contributed by atoms with Crippen LogP contribution in [0.1, 0.15) is 5.56 Å². The second kappa shape index (κ2) is 4.50. The maximum atomic E-state index is 11.2. The summed E-state index contributed by atoms with van der Waals surface area (Å²) in [6, 6.07) is 7.77. The molecule has 0 fully saturated rings. The molecule has 12 heavy (non-hydrogen) atoms. The van der Waals surface area contributed by atoms with E-state index >= 15 is 0 Å². The van der Waals surface area contributed by atoms with E-state index in [4.69, 9.17) is 0 Å². The largest absolute Gasteiger partial charge is 0.612 e. The Labute approximate surface area is 76.2 Å². The Morgan fingerprint density at radius 2 is 2.08 bits per heavy atom. The third-order valence-corrected chi connectivity index (χ3v) is 2.67. The first-order valence-corrected chi connectivity index (χ1v) is 5.37. The van der Waals surface area contributed by atoms with Crippen LogP contribution in [-0.4, -0.2) is 17.9 Å². The van der Waals surface area contributed by atoms with Crippen molar-refractivity contribution in [3.05, 3.63) is 29.8 Å². The summed E-state index contributed by atoms with van der Waals surface area (Å²) in [6.07, 6.45) is 1.70. The van der Waals surface area contributed by atoms with Crippen molar-refractivity contribution in [3.63, 3.8) is 0 Å². The van der Waals surface area contributed by atoms with Gasteiger partial charge in [0.1, 0.15) is 6.26 Å². The highest BCUT2D eigenvalue weighted by Gasteiger charge is 2.08. The average Bonchev–Trinajstić information content (AvgIpc) is 2.05. The molecule has 0 aliphatic rings. The van der Waals surface area contributed by atoms with E-state index in [9.17, 15) is 4.55 Å². The number of benzene rings is 1. The smallest absolute Gasteiger partial charge is 0.156 e. The zero-order valence-corrected chi connectivity index (χ0v) is 8.15. The maximum Gasteiger partial charge on any atom is 0.156 e. The van der Waals surface area contributed by atoms with Crippen LogP contribution in [0.4, 0.5) is 0 Å². The topological polar surface area (TPSA) is 35.1 Å². The van der Waals surface area contributed by atoms with E-state index in [1.54, 1.807) is 6.26 Å². The number of hydrogen-bond donors (Lipinski definition) is 1. The first-order chi connectivity index (χ1) is 5.75. The lowest BCUT2D eigenvalue weighted by molar-refractivity contribution is 0.599. The summed E-state index contributed by atoms with van der Waals surface area (Å²) in [5.74, 6) is 0. The Morgan fingerprint density at radius 1 is 1.42 bits per heavy atom. The van der Waals surface area contributed by atoms with Crippen LogP contribution >= 0.6 is 0 Å². The van der Waals surface area contributed by atoms with Crippen molar-refractivity contribution in [2.24, 2.45) is 0 Å². The molecule has 1 unspecified atom stereocenters. The Morgan fingerprint density at radius 3 is 2.67 bits per heavy atom. The highest BCUT2D eigenvalue weighted by atomic mass is 32.2. The van der Waals surface area contributed by atoms with E-state index in [0.717, 1.165) is 17.0 Å². The number of nitrogens with one attached hydrogen (secondary N) is 1. The molecule has 2 nitrogen and oxygen atoms in total. The van der Waals surface area contributed by atoms with E-state index in [1.165, 1.54) is 0 Å². The van der Waals surface area contributed by atoms with Crippen molar-refractivity contribution in [2.75, 3.05) is 13.3 Å². The molecule has 0 spiro atoms. The van der Waals surface area contributed by atoms with Gasteiger partial charge in [-0.05, 0) is 24.3 Å². The van der Waals surface area contributed by atoms with Gasteiger partial charge in [0.25, 0.3) is 0 Å². The molecule has 0 bridgehead atoms. The predicted molar refractivity (Wildman–Crippen MR) is 51.5 cm³/mol. The predicted octanol–water partition coefficient (Wildman–Crippen LogP) is 1.14. The molecule has 1 aromatic carbocycles. The molecule has 3 heteroatoms. The molecule has 0 aliphatic carbocycles. The second-order valence-electron chi connectivity index (χ2n) is 2.59. The summed E-state index contributed by atoms with van der Waals surface area (Å²) in [7, 11) is 1.88. The second-order valence-corrected chi connectivity index (χ2v) is 3.94. The SMILES string of the molecule is CNCc1ccccc1[S+](C)[O-]. The lowest BCUT2D eigenvalue weighted by atomic mass is 10.2. The van der Waals surface area contributed by atoms with Gasteiger partial charge in [-0.2, -0.15) is 0 Å². The van der Waals surface area contributed by atoms with Crippen LogP contribution in [0.5, 0.6) is 0 Å². The molecular weight excluding hydrogens is 170 g/mol. The molecule has 0 saturated heterocycles. The monoisotopic (exact) mass is 183 g/mol. The average molecular weight is 183 g/mol. The molecule has 0 aromatic heterocycles. The quantitative estimate of drug-likeness (QED) is 0.713. The summed E-state index contributed by atoms with van der Waals surface area (Å²) in [5.41, 5.74) is 1.11. The van der Waals surface area contributed by atoms with Crippen molar-refractivity contribution in [3.8, 4) is 0 Å². The Balaban J connectivity index is 2.92. The van der Waals surface area contributed by atoms with Crippen LogP contribution in [0.25, 0.3) is 0 Å². The minimum absolute atomic E-state index is 0.774. The molecule has 0 radical (unpaired) electrons. The fourth-order valence-corrected chi connectivity index (χ4v) is 1.90. The van der Waals surface area contributed by atoms with Crippen molar-refractivity contribution in [2.45, 2.75) is 11.4 Å². The van der Waals surface area contributed by atoms with E-state index in [-0.39, 0.29) is 0 Å². The Kier molecular flexibility index (Phi) is 3.59. The maximum absolute atomic E-state index is 11.2. The molecule has 1 rings (SSSR count). The van der Waals surface area contributed by atoms with Gasteiger partial charge in [-0.3, -0.25) is 0 Å². The van der Waals surface area contributed by atoms with Gasteiger partial charge in [-0.25, -0.2) is 0 Å². The Hall–Kier alpha value is -0.510. The van der Waals surface area contributed by atoms with Crippen LogP contribution in [0, 0.1) is 0 Å². The molecule has 0 saturated carbocycles. The van der Waals surface area contributed by atoms with Crippen LogP contribution in [0.15, 0.2) is 29.2 Å². The zero-order chi connectivity index (χ0) is 8.97. The fourth-order valence-electron chi connectivity index (χ4n) is 1.12. The molecular formula is C9H13NOS. The van der Waals surface area contributed by atoms with Crippen molar-refractivity contribution >= 4 is 11.2 Å². The van der Waals surface area contributed by atoms with Crippen LogP contribution < -0.4 is 5.32 Å². The van der Waals surface area contributed by atoms with Gasteiger partial charge in [0.2, 0.25) is 0 Å². The van der Waals surface area contributed by atoms with E-state index in [0.29, 0.717) is 0 Å². The lowest BCUT2D eigenvalue weighted by Gasteiger charge is -2.08. The first kappa shape index (κ1) is 9.58. The zero-order valence-electron chi connectivity index (χ0n) is 7.33. The van der Waals surface area contributed by atoms with Crippen molar-refractivity contribution < 1.29 is 4.55 Å². The number of rotatable bonds is 3. The summed E-state index contributed by atoms with van der Waals surface area (Å²) < 4.78 is 11.2. The molecule has 0 aliphatic heterocycles. The van der Waals surface area contributed by atoms with Gasteiger partial charge in [0.15, 0.2) is 4.90 Å². The number of hydrogen-bond acceptors (Lipinski definition) is 2. The molecule has 1 atom stereocenters. The standard InChI is InChI=1S/C9H13NOS/c1-10-7-8-5-3-4-6-9(8)12(2)11/h3-6,10H,7H2,1-2H3. The molecule has 1 N–H and O–H groups in total. The van der Waals surface area contributed by atoms with Gasteiger partial charge in [0.05, 0.1) is 0 Å². The van der Waals surface area contributed by atoms with Crippen molar-refractivity contribution in [1.29, 1.82) is 0 Å². The molecule has 0 amide bonds. The molecule has 66 valence electrons. The van der Waals surface area contributed by atoms with Gasteiger partial charge in [-0.1, -0.05) is 18.2 Å². The summed E-state index contributed by atoms with van der Waals surface area (Å²) in [4.78, 5) is 0.923. The van der Waals surface area contributed by atoms with Crippen LogP contribution in [0.3, 0.4) is 0 Å². The van der Waals surface area contributed by atoms with Crippen molar-refractivity contribution in [1.82, 2.24) is 5.32 Å². The van der Waals surface area contributed by atoms with Crippen LogP contribution in [0.2, 0.25) is 0 Å². The van der Waals surface area contributed by atoms with E-state index in [2.05, 4.69) is 5.32 Å². The van der Waals surface area contributed by atoms with Gasteiger partial charge < -0.3 is 9.87 Å². The summed E-state index contributed by atoms with van der Waals surface area (Å²) in [6.45, 7) is 0.774. The molecule has 1 aromatic rings. The summed E-state index contributed by atoms with van der Waals surface area (Å²) >= 11 is -0.882. The van der Waals surface area contributed by atoms with Gasteiger partial charge >= 0.3 is 0 Å². The minimum Gasteiger partial charge on any atom is -0.612 e. The first-order valence-electron chi connectivity index (χ1n) is 3.81. The normalized spacial score (nSPS) is 12.9. The third-order valence-electron chi connectivity index (χ3n) is 1.65. The summed E-state index contributed by atoms with van der Waals surface area (Å²) in [5, 5.41) is 3.04.